The Hall–Kier alpha value is -1.89. The van der Waals surface area contributed by atoms with E-state index in [0.717, 1.165) is 11.8 Å². The Labute approximate surface area is 124 Å². The second-order valence-electron chi connectivity index (χ2n) is 4.70. The van der Waals surface area contributed by atoms with Crippen LogP contribution in [-0.4, -0.2) is 38.2 Å². The van der Waals surface area contributed by atoms with Gasteiger partial charge in [-0.05, 0) is 30.5 Å². The van der Waals surface area contributed by atoms with Gasteiger partial charge >= 0.3 is 5.97 Å². The minimum atomic E-state index is -3.38. The lowest BCUT2D eigenvalue weighted by Crippen LogP contribution is -2.26. The van der Waals surface area contributed by atoms with Crippen LogP contribution in [0.5, 0.6) is 0 Å². The molecule has 0 aliphatic rings. The molecule has 0 saturated carbocycles. The summed E-state index contributed by atoms with van der Waals surface area (Å²) in [6, 6.07) is 4.47. The number of aliphatic carboxylic acids is 1. The van der Waals surface area contributed by atoms with E-state index < -0.39 is 15.8 Å². The van der Waals surface area contributed by atoms with E-state index in [0.29, 0.717) is 18.4 Å². The molecule has 0 heterocycles. The predicted molar refractivity (Wildman–Crippen MR) is 78.1 cm³/mol. The third-order valence-electron chi connectivity index (χ3n) is 2.99. The van der Waals surface area contributed by atoms with E-state index in [1.54, 1.807) is 6.07 Å². The average Bonchev–Trinajstić information content (AvgIpc) is 2.41. The summed E-state index contributed by atoms with van der Waals surface area (Å²) in [4.78, 5) is 22.6. The van der Waals surface area contributed by atoms with Gasteiger partial charge in [0.05, 0.1) is 4.90 Å². The number of carbonyl (C=O) groups is 2. The molecule has 21 heavy (non-hydrogen) atoms. The van der Waals surface area contributed by atoms with E-state index in [1.807, 2.05) is 6.92 Å². The van der Waals surface area contributed by atoms with Crippen molar-refractivity contribution in [3.8, 4) is 0 Å². The first kappa shape index (κ1) is 17.2. The number of nitrogens with one attached hydrogen (secondary N) is 1. The summed E-state index contributed by atoms with van der Waals surface area (Å²) < 4.78 is 23.1. The maximum absolute atomic E-state index is 12.1. The maximum Gasteiger partial charge on any atom is 0.303 e. The van der Waals surface area contributed by atoms with E-state index in [4.69, 9.17) is 5.11 Å². The lowest BCUT2D eigenvalue weighted by molar-refractivity contribution is -0.137. The summed E-state index contributed by atoms with van der Waals surface area (Å²) in [6.45, 7) is 2.11. The molecule has 0 aliphatic carbocycles. The fraction of sp³-hybridized carbons (Fsp3) is 0.429. The molecule has 1 rings (SSSR count). The smallest absolute Gasteiger partial charge is 0.303 e. The molecule has 0 aliphatic heterocycles. The maximum atomic E-state index is 12.1. The van der Waals surface area contributed by atoms with Crippen molar-refractivity contribution in [2.45, 2.75) is 31.1 Å². The van der Waals surface area contributed by atoms with Crippen molar-refractivity contribution in [1.82, 2.24) is 5.32 Å². The molecule has 1 amide bonds. The number of carbonyl (C=O) groups excluding carboxylic acids is 1. The second-order valence-corrected chi connectivity index (χ2v) is 6.71. The highest BCUT2D eigenvalue weighted by molar-refractivity contribution is 7.90. The van der Waals surface area contributed by atoms with Crippen molar-refractivity contribution >= 4 is 21.7 Å². The number of hydrogen-bond donors (Lipinski definition) is 2. The molecular weight excluding hydrogens is 294 g/mol. The summed E-state index contributed by atoms with van der Waals surface area (Å²) in [5, 5.41) is 11.1. The minimum absolute atomic E-state index is 0.0235. The molecule has 6 nitrogen and oxygen atoms in total. The second kappa shape index (κ2) is 7.21. The lowest BCUT2D eigenvalue weighted by Gasteiger charge is -2.10. The van der Waals surface area contributed by atoms with Crippen LogP contribution < -0.4 is 5.32 Å². The van der Waals surface area contributed by atoms with Crippen LogP contribution in [0.15, 0.2) is 23.1 Å². The van der Waals surface area contributed by atoms with Gasteiger partial charge in [-0.2, -0.15) is 0 Å². The highest BCUT2D eigenvalue weighted by Crippen LogP contribution is 2.17. The molecule has 0 radical (unpaired) electrons. The van der Waals surface area contributed by atoms with E-state index in [1.165, 1.54) is 12.1 Å². The molecule has 0 bridgehead atoms. The van der Waals surface area contributed by atoms with Crippen molar-refractivity contribution in [3.63, 3.8) is 0 Å². The number of carboxylic acid groups (broad SMARTS) is 1. The number of rotatable bonds is 7. The zero-order valence-corrected chi connectivity index (χ0v) is 12.9. The number of amides is 1. The third kappa shape index (κ3) is 5.18. The molecule has 2 N–H and O–H groups in total. The number of carboxylic acids is 1. The highest BCUT2D eigenvalue weighted by Gasteiger charge is 2.15. The Morgan fingerprint density at radius 2 is 1.95 bits per heavy atom. The minimum Gasteiger partial charge on any atom is -0.481 e. The van der Waals surface area contributed by atoms with Crippen molar-refractivity contribution in [2.24, 2.45) is 0 Å². The molecule has 0 atom stereocenters. The van der Waals surface area contributed by atoms with E-state index in [9.17, 15) is 18.0 Å². The largest absolute Gasteiger partial charge is 0.481 e. The normalized spacial score (nSPS) is 11.1. The van der Waals surface area contributed by atoms with Gasteiger partial charge in [0.2, 0.25) is 0 Å². The van der Waals surface area contributed by atoms with Crippen LogP contribution in [0.4, 0.5) is 0 Å². The molecule has 116 valence electrons. The highest BCUT2D eigenvalue weighted by atomic mass is 32.2. The van der Waals surface area contributed by atoms with Crippen molar-refractivity contribution in [1.29, 1.82) is 0 Å². The van der Waals surface area contributed by atoms with Crippen LogP contribution in [0, 0.1) is 0 Å². The van der Waals surface area contributed by atoms with Crippen molar-refractivity contribution < 1.29 is 23.1 Å². The number of benzene rings is 1. The first-order valence-corrected chi connectivity index (χ1v) is 8.47. The van der Waals surface area contributed by atoms with Gasteiger partial charge in [0.15, 0.2) is 9.84 Å². The van der Waals surface area contributed by atoms with Crippen LogP contribution in [0.3, 0.4) is 0 Å². The van der Waals surface area contributed by atoms with E-state index >= 15 is 0 Å². The lowest BCUT2D eigenvalue weighted by atomic mass is 10.0. The molecule has 0 fully saturated rings. The quantitative estimate of drug-likeness (QED) is 0.738. The zero-order chi connectivity index (χ0) is 16.0. The standard InChI is InChI=1S/C14H19NO5S/c1-3-10-6-7-11(21(2,19)20)9-12(10)14(18)15-8-4-5-13(16)17/h6-7,9H,3-5,8H2,1-2H3,(H,15,18)(H,16,17). The van der Waals surface area contributed by atoms with Crippen LogP contribution in [0.1, 0.15) is 35.7 Å². The Balaban J connectivity index is 2.89. The van der Waals surface area contributed by atoms with Gasteiger partial charge in [-0.1, -0.05) is 13.0 Å². The third-order valence-corrected chi connectivity index (χ3v) is 4.10. The van der Waals surface area contributed by atoms with Gasteiger partial charge in [-0.15, -0.1) is 0 Å². The molecule has 0 unspecified atom stereocenters. The monoisotopic (exact) mass is 313 g/mol. The average molecular weight is 313 g/mol. The van der Waals surface area contributed by atoms with Crippen LogP contribution in [0.25, 0.3) is 0 Å². The fourth-order valence-electron chi connectivity index (χ4n) is 1.84. The Bertz CT molecular complexity index is 637. The van der Waals surface area contributed by atoms with Gasteiger partial charge in [-0.25, -0.2) is 8.42 Å². The molecular formula is C14H19NO5S. The van der Waals surface area contributed by atoms with Gasteiger partial charge in [-0.3, -0.25) is 9.59 Å². The van der Waals surface area contributed by atoms with Gasteiger partial charge in [0.1, 0.15) is 0 Å². The van der Waals surface area contributed by atoms with E-state index in [-0.39, 0.29) is 23.8 Å². The molecule has 7 heteroatoms. The Morgan fingerprint density at radius 3 is 2.48 bits per heavy atom. The fourth-order valence-corrected chi connectivity index (χ4v) is 2.49. The Kier molecular flexibility index (Phi) is 5.90. The zero-order valence-electron chi connectivity index (χ0n) is 12.0. The number of aryl methyl sites for hydroxylation is 1. The summed E-state index contributed by atoms with van der Waals surface area (Å²) in [6.07, 6.45) is 1.99. The number of sulfone groups is 1. The molecule has 0 aromatic heterocycles. The first-order valence-electron chi connectivity index (χ1n) is 6.58. The molecule has 1 aromatic rings. The van der Waals surface area contributed by atoms with Crippen LogP contribution in [-0.2, 0) is 21.1 Å². The predicted octanol–water partition coefficient (Wildman–Crippen LogP) is 1.25. The molecule has 0 saturated heterocycles. The SMILES string of the molecule is CCc1ccc(S(C)(=O)=O)cc1C(=O)NCCCC(=O)O. The van der Waals surface area contributed by atoms with Gasteiger partial charge in [0, 0.05) is 24.8 Å². The Morgan fingerprint density at radius 1 is 1.29 bits per heavy atom. The van der Waals surface area contributed by atoms with Gasteiger partial charge < -0.3 is 10.4 Å². The summed E-state index contributed by atoms with van der Waals surface area (Å²) in [5.74, 6) is -1.31. The summed E-state index contributed by atoms with van der Waals surface area (Å²) >= 11 is 0. The van der Waals surface area contributed by atoms with Crippen LogP contribution in [0.2, 0.25) is 0 Å². The van der Waals surface area contributed by atoms with E-state index in [2.05, 4.69) is 5.32 Å². The van der Waals surface area contributed by atoms with Crippen LogP contribution >= 0.6 is 0 Å². The summed E-state index contributed by atoms with van der Waals surface area (Å²) in [5.41, 5.74) is 1.06. The van der Waals surface area contributed by atoms with Crippen molar-refractivity contribution in [2.75, 3.05) is 12.8 Å². The molecule has 1 aromatic carbocycles. The number of hydrogen-bond acceptors (Lipinski definition) is 4. The van der Waals surface area contributed by atoms with Gasteiger partial charge in [0.25, 0.3) is 5.91 Å². The van der Waals surface area contributed by atoms with Crippen molar-refractivity contribution in [3.05, 3.63) is 29.3 Å². The first-order chi connectivity index (χ1) is 9.75. The molecule has 0 spiro atoms. The summed E-state index contributed by atoms with van der Waals surface area (Å²) in [7, 11) is -3.38. The topological polar surface area (TPSA) is 101 Å².